The molecule has 1 heterocycles. The van der Waals surface area contributed by atoms with Crippen molar-refractivity contribution in [3.63, 3.8) is 0 Å². The van der Waals surface area contributed by atoms with E-state index in [2.05, 4.69) is 57.9 Å². The lowest BCUT2D eigenvalue weighted by atomic mass is 10.1. The zero-order chi connectivity index (χ0) is 16.2. The molecule has 3 aromatic rings. The van der Waals surface area contributed by atoms with Gasteiger partial charge in [0.15, 0.2) is 5.82 Å². The first-order chi connectivity index (χ1) is 11.1. The predicted molar refractivity (Wildman–Crippen MR) is 93.8 cm³/mol. The third kappa shape index (κ3) is 4.17. The Morgan fingerprint density at radius 2 is 1.57 bits per heavy atom. The fourth-order valence-corrected chi connectivity index (χ4v) is 2.40. The van der Waals surface area contributed by atoms with Crippen LogP contribution in [0.3, 0.4) is 0 Å². The van der Waals surface area contributed by atoms with Crippen LogP contribution in [0.5, 0.6) is 0 Å². The summed E-state index contributed by atoms with van der Waals surface area (Å²) >= 11 is 5.87. The number of aryl methyl sites for hydroxylation is 2. The highest BCUT2D eigenvalue weighted by Gasteiger charge is 2.03. The van der Waals surface area contributed by atoms with E-state index < -0.39 is 0 Å². The van der Waals surface area contributed by atoms with Gasteiger partial charge in [0, 0.05) is 16.4 Å². The van der Waals surface area contributed by atoms with E-state index in [1.54, 1.807) is 18.3 Å². The molecule has 0 amide bonds. The Bertz CT molecular complexity index is 797. The van der Waals surface area contributed by atoms with Gasteiger partial charge >= 0.3 is 0 Å². The van der Waals surface area contributed by atoms with Crippen molar-refractivity contribution in [2.45, 2.75) is 13.8 Å². The van der Waals surface area contributed by atoms with E-state index in [0.29, 0.717) is 16.8 Å². The van der Waals surface area contributed by atoms with Crippen molar-refractivity contribution in [1.82, 2.24) is 15.2 Å². The maximum atomic E-state index is 5.87. The molecule has 0 radical (unpaired) electrons. The van der Waals surface area contributed by atoms with Gasteiger partial charge in [-0.1, -0.05) is 17.7 Å². The highest BCUT2D eigenvalue weighted by atomic mass is 35.5. The Morgan fingerprint density at radius 1 is 0.870 bits per heavy atom. The van der Waals surface area contributed by atoms with E-state index in [0.717, 1.165) is 11.4 Å². The summed E-state index contributed by atoms with van der Waals surface area (Å²) in [7, 11) is 0. The van der Waals surface area contributed by atoms with Gasteiger partial charge in [0.25, 0.3) is 0 Å². The number of hydrogen-bond donors (Lipinski definition) is 2. The molecule has 1 aromatic heterocycles. The number of halogens is 1. The summed E-state index contributed by atoms with van der Waals surface area (Å²) in [6.45, 7) is 4.12. The maximum absolute atomic E-state index is 5.87. The number of nitrogens with one attached hydrogen (secondary N) is 2. The molecule has 2 N–H and O–H groups in total. The molecule has 0 bridgehead atoms. The molecule has 0 saturated heterocycles. The van der Waals surface area contributed by atoms with Gasteiger partial charge in [0.2, 0.25) is 5.95 Å². The van der Waals surface area contributed by atoms with Gasteiger partial charge in [0.1, 0.15) is 0 Å². The second kappa shape index (κ2) is 6.62. The molecule has 0 unspecified atom stereocenters. The van der Waals surface area contributed by atoms with Crippen LogP contribution in [0, 0.1) is 13.8 Å². The Labute approximate surface area is 139 Å². The Morgan fingerprint density at radius 3 is 2.26 bits per heavy atom. The Kier molecular flexibility index (Phi) is 4.39. The molecule has 0 atom stereocenters. The third-order valence-electron chi connectivity index (χ3n) is 3.15. The standard InChI is InChI=1S/C17H16ClN5/c1-11-7-12(2)9-15(8-11)20-16-10-19-23-17(22-16)21-14-5-3-13(18)4-6-14/h3-10H,1-2H3,(H2,20,21,22,23). The first-order valence-electron chi connectivity index (χ1n) is 7.16. The molecule has 23 heavy (non-hydrogen) atoms. The molecule has 0 aliphatic carbocycles. The third-order valence-corrected chi connectivity index (χ3v) is 3.41. The number of nitrogens with zero attached hydrogens (tertiary/aromatic N) is 3. The minimum atomic E-state index is 0.418. The molecule has 0 spiro atoms. The van der Waals surface area contributed by atoms with Crippen molar-refractivity contribution in [3.8, 4) is 0 Å². The molecule has 3 rings (SSSR count). The van der Waals surface area contributed by atoms with Crippen LogP contribution in [0.2, 0.25) is 5.02 Å². The predicted octanol–water partition coefficient (Wildman–Crippen LogP) is 4.63. The van der Waals surface area contributed by atoms with Crippen LogP contribution >= 0.6 is 11.6 Å². The van der Waals surface area contributed by atoms with Crippen LogP contribution in [-0.4, -0.2) is 15.2 Å². The van der Waals surface area contributed by atoms with Crippen LogP contribution in [0.4, 0.5) is 23.1 Å². The number of hydrogen-bond acceptors (Lipinski definition) is 5. The number of aromatic nitrogens is 3. The van der Waals surface area contributed by atoms with Crippen molar-refractivity contribution in [1.29, 1.82) is 0 Å². The van der Waals surface area contributed by atoms with Crippen molar-refractivity contribution in [2.75, 3.05) is 10.6 Å². The van der Waals surface area contributed by atoms with Crippen LogP contribution < -0.4 is 10.6 Å². The summed E-state index contributed by atoms with van der Waals surface area (Å²) in [5.41, 5.74) is 4.20. The molecule has 0 aliphatic heterocycles. The minimum Gasteiger partial charge on any atom is -0.339 e. The van der Waals surface area contributed by atoms with Gasteiger partial charge in [-0.15, -0.1) is 5.10 Å². The van der Waals surface area contributed by atoms with E-state index in [9.17, 15) is 0 Å². The van der Waals surface area contributed by atoms with Gasteiger partial charge in [-0.05, 0) is 61.4 Å². The van der Waals surface area contributed by atoms with Gasteiger partial charge in [-0.25, -0.2) is 0 Å². The SMILES string of the molecule is Cc1cc(C)cc(Nc2cnnc(Nc3ccc(Cl)cc3)n2)c1. The molecule has 0 aliphatic rings. The minimum absolute atomic E-state index is 0.418. The van der Waals surface area contributed by atoms with Gasteiger partial charge < -0.3 is 10.6 Å². The second-order valence-corrected chi connectivity index (χ2v) is 5.73. The lowest BCUT2D eigenvalue weighted by Crippen LogP contribution is -2.02. The lowest BCUT2D eigenvalue weighted by molar-refractivity contribution is 0.982. The summed E-state index contributed by atoms with van der Waals surface area (Å²) in [4.78, 5) is 4.42. The average Bonchev–Trinajstić information content (AvgIpc) is 2.49. The Hall–Kier alpha value is -2.66. The van der Waals surface area contributed by atoms with E-state index in [1.165, 1.54) is 11.1 Å². The Balaban J connectivity index is 1.78. The number of benzene rings is 2. The van der Waals surface area contributed by atoms with Crippen LogP contribution in [-0.2, 0) is 0 Å². The smallest absolute Gasteiger partial charge is 0.249 e. The summed E-state index contributed by atoms with van der Waals surface area (Å²) in [6.07, 6.45) is 1.59. The van der Waals surface area contributed by atoms with E-state index in [4.69, 9.17) is 11.6 Å². The van der Waals surface area contributed by atoms with E-state index >= 15 is 0 Å². The van der Waals surface area contributed by atoms with Crippen LogP contribution in [0.15, 0.2) is 48.7 Å². The summed E-state index contributed by atoms with van der Waals surface area (Å²) in [5.74, 6) is 1.04. The molecule has 6 heteroatoms. The molecule has 116 valence electrons. The topological polar surface area (TPSA) is 62.7 Å². The largest absolute Gasteiger partial charge is 0.339 e. The van der Waals surface area contributed by atoms with E-state index in [1.807, 2.05) is 12.1 Å². The molecule has 2 aromatic carbocycles. The van der Waals surface area contributed by atoms with Crippen LogP contribution in [0.25, 0.3) is 0 Å². The molecule has 0 fully saturated rings. The maximum Gasteiger partial charge on any atom is 0.249 e. The molecule has 0 saturated carbocycles. The fraction of sp³-hybridized carbons (Fsp3) is 0.118. The van der Waals surface area contributed by atoms with Crippen molar-refractivity contribution < 1.29 is 0 Å². The lowest BCUT2D eigenvalue weighted by Gasteiger charge is -2.09. The average molecular weight is 326 g/mol. The monoisotopic (exact) mass is 325 g/mol. The van der Waals surface area contributed by atoms with Gasteiger partial charge in [-0.3, -0.25) is 0 Å². The first-order valence-corrected chi connectivity index (χ1v) is 7.54. The van der Waals surface area contributed by atoms with Crippen molar-refractivity contribution >= 4 is 34.7 Å². The van der Waals surface area contributed by atoms with Gasteiger partial charge in [0.05, 0.1) is 6.20 Å². The van der Waals surface area contributed by atoms with Gasteiger partial charge in [-0.2, -0.15) is 10.1 Å². The number of anilines is 4. The zero-order valence-electron chi connectivity index (χ0n) is 12.8. The number of rotatable bonds is 4. The molecule has 5 nitrogen and oxygen atoms in total. The van der Waals surface area contributed by atoms with Crippen LogP contribution in [0.1, 0.15) is 11.1 Å². The van der Waals surface area contributed by atoms with Crippen molar-refractivity contribution in [3.05, 3.63) is 64.8 Å². The first kappa shape index (κ1) is 15.2. The highest BCUT2D eigenvalue weighted by molar-refractivity contribution is 6.30. The molecular formula is C17H16ClN5. The zero-order valence-corrected chi connectivity index (χ0v) is 13.6. The second-order valence-electron chi connectivity index (χ2n) is 5.30. The summed E-state index contributed by atoms with van der Waals surface area (Å²) < 4.78 is 0. The van der Waals surface area contributed by atoms with Crippen molar-refractivity contribution in [2.24, 2.45) is 0 Å². The highest BCUT2D eigenvalue weighted by Crippen LogP contribution is 2.20. The van der Waals surface area contributed by atoms with E-state index in [-0.39, 0.29) is 0 Å². The summed E-state index contributed by atoms with van der Waals surface area (Å²) in [6, 6.07) is 13.6. The summed E-state index contributed by atoms with van der Waals surface area (Å²) in [5, 5.41) is 15.0. The quantitative estimate of drug-likeness (QED) is 0.732. The molecular weight excluding hydrogens is 310 g/mol. The normalized spacial score (nSPS) is 10.4. The fourth-order valence-electron chi connectivity index (χ4n) is 2.27.